The number of phenols is 3. The number of hydrogen-bond donors (Lipinski definition) is 3. The summed E-state index contributed by atoms with van der Waals surface area (Å²) in [6.07, 6.45) is 12.8. The van der Waals surface area contributed by atoms with Crippen LogP contribution in [0.3, 0.4) is 0 Å². The standard InChI is InChI=1S/C24H30O2.C7H8O/c25-23-13-11-19(17-7-3-1-4-8-17)15-21(23)22-16-20(12-14-24(22)26)18-9-5-2-6-10-18;1-6-2-4-7(8)5-3-6/h11-18,25-26H,1-10H2;2-5,8H,1H3. The normalized spacial score (nSPS) is 17.1. The van der Waals surface area contributed by atoms with Gasteiger partial charge in [0.25, 0.3) is 0 Å². The molecule has 2 fully saturated rings. The lowest BCUT2D eigenvalue weighted by Crippen LogP contribution is -2.05. The monoisotopic (exact) mass is 458 g/mol. The summed E-state index contributed by atoms with van der Waals surface area (Å²) in [6.45, 7) is 1.99. The summed E-state index contributed by atoms with van der Waals surface area (Å²) in [7, 11) is 0. The van der Waals surface area contributed by atoms with Gasteiger partial charge in [0.05, 0.1) is 0 Å². The Kier molecular flexibility index (Phi) is 8.16. The van der Waals surface area contributed by atoms with E-state index in [-0.39, 0.29) is 11.5 Å². The average molecular weight is 459 g/mol. The van der Waals surface area contributed by atoms with Crippen molar-refractivity contribution in [2.24, 2.45) is 0 Å². The zero-order valence-electron chi connectivity index (χ0n) is 20.3. The number of phenolic OH excluding ortho intramolecular Hbond substituents is 3. The summed E-state index contributed by atoms with van der Waals surface area (Å²) >= 11 is 0. The molecule has 180 valence electrons. The third-order valence-electron chi connectivity index (χ3n) is 7.52. The van der Waals surface area contributed by atoms with E-state index in [1.165, 1.54) is 80.9 Å². The Balaban J connectivity index is 0.000000291. The summed E-state index contributed by atoms with van der Waals surface area (Å²) in [5.41, 5.74) is 5.34. The second kappa shape index (κ2) is 11.5. The molecule has 0 spiro atoms. The van der Waals surface area contributed by atoms with Crippen molar-refractivity contribution < 1.29 is 15.3 Å². The van der Waals surface area contributed by atoms with Crippen LogP contribution in [0.1, 0.15) is 92.7 Å². The van der Waals surface area contributed by atoms with Crippen molar-refractivity contribution in [3.63, 3.8) is 0 Å². The van der Waals surface area contributed by atoms with E-state index < -0.39 is 0 Å². The zero-order valence-corrected chi connectivity index (χ0v) is 20.3. The van der Waals surface area contributed by atoms with Crippen molar-refractivity contribution in [1.82, 2.24) is 0 Å². The number of benzene rings is 3. The fourth-order valence-corrected chi connectivity index (χ4v) is 5.46. The van der Waals surface area contributed by atoms with Crippen molar-refractivity contribution in [2.75, 3.05) is 0 Å². The van der Waals surface area contributed by atoms with Gasteiger partial charge in [-0.2, -0.15) is 0 Å². The SMILES string of the molecule is Cc1ccc(O)cc1.Oc1ccc(C2CCCCC2)cc1-c1cc(C2CCCCC2)ccc1O. The third kappa shape index (κ3) is 6.14. The molecule has 0 amide bonds. The van der Waals surface area contributed by atoms with Crippen molar-refractivity contribution in [3.8, 4) is 28.4 Å². The van der Waals surface area contributed by atoms with Gasteiger partial charge in [0.2, 0.25) is 0 Å². The van der Waals surface area contributed by atoms with Gasteiger partial charge in [0.1, 0.15) is 17.2 Å². The van der Waals surface area contributed by atoms with Gasteiger partial charge in [-0.3, -0.25) is 0 Å². The van der Waals surface area contributed by atoms with Crippen molar-refractivity contribution in [2.45, 2.75) is 83.0 Å². The predicted molar refractivity (Wildman–Crippen MR) is 140 cm³/mol. The lowest BCUT2D eigenvalue weighted by molar-refractivity contribution is 0.440. The fourth-order valence-electron chi connectivity index (χ4n) is 5.46. The molecule has 0 unspecified atom stereocenters. The molecule has 2 saturated carbocycles. The Labute approximate surface area is 204 Å². The Morgan fingerprint density at radius 2 is 0.941 bits per heavy atom. The highest BCUT2D eigenvalue weighted by Crippen LogP contribution is 2.42. The highest BCUT2D eigenvalue weighted by Gasteiger charge is 2.20. The first-order valence-corrected chi connectivity index (χ1v) is 12.9. The average Bonchev–Trinajstić information content (AvgIpc) is 2.88. The molecule has 0 aromatic heterocycles. The molecule has 3 N–H and O–H groups in total. The molecule has 2 aliphatic carbocycles. The Bertz CT molecular complexity index is 972. The largest absolute Gasteiger partial charge is 0.508 e. The highest BCUT2D eigenvalue weighted by atomic mass is 16.3. The highest BCUT2D eigenvalue weighted by molar-refractivity contribution is 5.76. The van der Waals surface area contributed by atoms with E-state index in [4.69, 9.17) is 5.11 Å². The Morgan fingerprint density at radius 3 is 1.32 bits per heavy atom. The molecule has 0 heterocycles. The van der Waals surface area contributed by atoms with E-state index in [1.54, 1.807) is 12.1 Å². The van der Waals surface area contributed by atoms with Gasteiger partial charge < -0.3 is 15.3 Å². The molecule has 0 atom stereocenters. The molecule has 3 nitrogen and oxygen atoms in total. The number of aromatic hydroxyl groups is 3. The Hall–Kier alpha value is -2.94. The first-order valence-electron chi connectivity index (χ1n) is 12.9. The molecule has 34 heavy (non-hydrogen) atoms. The van der Waals surface area contributed by atoms with Gasteiger partial charge in [0.15, 0.2) is 0 Å². The maximum absolute atomic E-state index is 10.5. The predicted octanol–water partition coefficient (Wildman–Crippen LogP) is 8.56. The van der Waals surface area contributed by atoms with Crippen LogP contribution in [-0.2, 0) is 0 Å². The molecule has 3 aromatic carbocycles. The summed E-state index contributed by atoms with van der Waals surface area (Å²) in [4.78, 5) is 0. The smallest absolute Gasteiger partial charge is 0.123 e. The van der Waals surface area contributed by atoms with Crippen LogP contribution in [0.15, 0.2) is 60.7 Å². The van der Waals surface area contributed by atoms with E-state index in [2.05, 4.69) is 24.3 Å². The molecule has 5 rings (SSSR count). The topological polar surface area (TPSA) is 60.7 Å². The van der Waals surface area contributed by atoms with Crippen LogP contribution in [-0.4, -0.2) is 15.3 Å². The van der Waals surface area contributed by atoms with Crippen molar-refractivity contribution >= 4 is 0 Å². The zero-order chi connectivity index (χ0) is 23.9. The second-order valence-corrected chi connectivity index (χ2v) is 10.1. The van der Waals surface area contributed by atoms with Gasteiger partial charge in [-0.05, 0) is 92.0 Å². The van der Waals surface area contributed by atoms with E-state index in [0.717, 1.165) is 11.1 Å². The molecule has 0 bridgehead atoms. The summed E-state index contributed by atoms with van der Waals surface area (Å²) in [5.74, 6) is 2.04. The van der Waals surface area contributed by atoms with Gasteiger partial charge in [-0.25, -0.2) is 0 Å². The number of rotatable bonds is 3. The molecule has 3 aromatic rings. The van der Waals surface area contributed by atoms with Gasteiger partial charge >= 0.3 is 0 Å². The number of hydrogen-bond acceptors (Lipinski definition) is 3. The first kappa shape index (κ1) is 24.2. The minimum atomic E-state index is 0.264. The van der Waals surface area contributed by atoms with Crippen LogP contribution in [0.5, 0.6) is 17.2 Å². The van der Waals surface area contributed by atoms with E-state index in [1.807, 2.05) is 31.2 Å². The van der Waals surface area contributed by atoms with Crippen LogP contribution in [0.25, 0.3) is 11.1 Å². The Morgan fingerprint density at radius 1 is 0.529 bits per heavy atom. The maximum atomic E-state index is 10.5. The van der Waals surface area contributed by atoms with Crippen molar-refractivity contribution in [1.29, 1.82) is 0 Å². The summed E-state index contributed by atoms with van der Waals surface area (Å²) in [6, 6.07) is 19.1. The maximum Gasteiger partial charge on any atom is 0.123 e. The minimum absolute atomic E-state index is 0.264. The lowest BCUT2D eigenvalue weighted by Gasteiger charge is -2.24. The van der Waals surface area contributed by atoms with E-state index in [9.17, 15) is 10.2 Å². The molecule has 2 aliphatic rings. The van der Waals surface area contributed by atoms with Crippen LogP contribution in [0.2, 0.25) is 0 Å². The summed E-state index contributed by atoms with van der Waals surface area (Å²) < 4.78 is 0. The second-order valence-electron chi connectivity index (χ2n) is 10.1. The quantitative estimate of drug-likeness (QED) is 0.368. The first-order chi connectivity index (χ1) is 16.5. The van der Waals surface area contributed by atoms with Gasteiger partial charge in [0, 0.05) is 11.1 Å². The third-order valence-corrected chi connectivity index (χ3v) is 7.52. The van der Waals surface area contributed by atoms with Crippen molar-refractivity contribution in [3.05, 3.63) is 77.4 Å². The van der Waals surface area contributed by atoms with Crippen LogP contribution >= 0.6 is 0 Å². The molecular formula is C31H38O3. The summed E-state index contributed by atoms with van der Waals surface area (Å²) in [5, 5.41) is 29.8. The molecule has 0 radical (unpaired) electrons. The van der Waals surface area contributed by atoms with Gasteiger partial charge in [-0.15, -0.1) is 0 Å². The number of aryl methyl sites for hydroxylation is 1. The fraction of sp³-hybridized carbons (Fsp3) is 0.419. The minimum Gasteiger partial charge on any atom is -0.508 e. The van der Waals surface area contributed by atoms with Gasteiger partial charge in [-0.1, -0.05) is 68.4 Å². The lowest BCUT2D eigenvalue weighted by atomic mass is 9.81. The van der Waals surface area contributed by atoms with E-state index >= 15 is 0 Å². The van der Waals surface area contributed by atoms with Crippen LogP contribution < -0.4 is 0 Å². The van der Waals surface area contributed by atoms with Crippen LogP contribution in [0, 0.1) is 6.92 Å². The molecule has 3 heteroatoms. The van der Waals surface area contributed by atoms with E-state index in [0.29, 0.717) is 17.6 Å². The molecule has 0 aliphatic heterocycles. The molecule has 0 saturated heterocycles. The molecular weight excluding hydrogens is 420 g/mol. The van der Waals surface area contributed by atoms with Crippen LogP contribution in [0.4, 0.5) is 0 Å².